The van der Waals surface area contributed by atoms with Gasteiger partial charge in [0, 0.05) is 24.7 Å². The van der Waals surface area contributed by atoms with Crippen LogP contribution < -0.4 is 10.6 Å². The van der Waals surface area contributed by atoms with Crippen molar-refractivity contribution in [1.82, 2.24) is 5.32 Å². The van der Waals surface area contributed by atoms with E-state index in [1.807, 2.05) is 18.2 Å². The van der Waals surface area contributed by atoms with Crippen LogP contribution in [0.15, 0.2) is 54.6 Å². The lowest BCUT2D eigenvalue weighted by atomic mass is 10.1. The highest BCUT2D eigenvalue weighted by atomic mass is 16.1. The molecule has 2 aromatic rings. The van der Waals surface area contributed by atoms with Crippen LogP contribution in [0.25, 0.3) is 11.1 Å². The Morgan fingerprint density at radius 2 is 1.62 bits per heavy atom. The predicted molar refractivity (Wildman–Crippen MR) is 86.1 cm³/mol. The molecule has 1 amide bonds. The Hall–Kier alpha value is -2.29. The number of hydrogen-bond acceptors (Lipinski definition) is 2. The molecule has 1 fully saturated rings. The molecule has 1 aliphatic rings. The molecule has 2 aromatic carbocycles. The monoisotopic (exact) mass is 280 g/mol. The van der Waals surface area contributed by atoms with Gasteiger partial charge in [0.15, 0.2) is 0 Å². The maximum Gasteiger partial charge on any atom is 0.221 e. The third kappa shape index (κ3) is 4.09. The molecule has 0 saturated heterocycles. The van der Waals surface area contributed by atoms with Crippen LogP contribution in [0.3, 0.4) is 0 Å². The molecule has 0 spiro atoms. The molecule has 0 heterocycles. The van der Waals surface area contributed by atoms with E-state index < -0.39 is 0 Å². The minimum Gasteiger partial charge on any atom is -0.385 e. The number of amides is 1. The lowest BCUT2D eigenvalue weighted by Crippen LogP contribution is -2.27. The molecule has 3 nitrogen and oxygen atoms in total. The van der Waals surface area contributed by atoms with Crippen molar-refractivity contribution in [2.24, 2.45) is 0 Å². The standard InChI is InChI=1S/C18H20N2O/c21-18(20-17-10-11-17)12-13-19-16-8-6-15(7-9-16)14-4-2-1-3-5-14/h1-9,17,19H,10-13H2,(H,20,21). The molecule has 108 valence electrons. The van der Waals surface area contributed by atoms with E-state index >= 15 is 0 Å². The molecular weight excluding hydrogens is 260 g/mol. The summed E-state index contributed by atoms with van der Waals surface area (Å²) in [7, 11) is 0. The second-order valence-corrected chi connectivity index (χ2v) is 5.46. The normalized spacial score (nSPS) is 13.7. The van der Waals surface area contributed by atoms with Crippen LogP contribution in [0.4, 0.5) is 5.69 Å². The van der Waals surface area contributed by atoms with E-state index in [1.165, 1.54) is 11.1 Å². The van der Waals surface area contributed by atoms with Crippen molar-refractivity contribution < 1.29 is 4.79 Å². The molecule has 0 unspecified atom stereocenters. The largest absolute Gasteiger partial charge is 0.385 e. The van der Waals surface area contributed by atoms with Crippen LogP contribution in [-0.4, -0.2) is 18.5 Å². The summed E-state index contributed by atoms with van der Waals surface area (Å²) in [6.07, 6.45) is 2.80. The Labute approximate surface area is 125 Å². The van der Waals surface area contributed by atoms with E-state index in [1.54, 1.807) is 0 Å². The van der Waals surface area contributed by atoms with Crippen LogP contribution in [-0.2, 0) is 4.79 Å². The first-order valence-electron chi connectivity index (χ1n) is 7.50. The average Bonchev–Trinajstić information content (AvgIpc) is 3.33. The van der Waals surface area contributed by atoms with Gasteiger partial charge in [-0.1, -0.05) is 42.5 Å². The summed E-state index contributed by atoms with van der Waals surface area (Å²) < 4.78 is 0. The zero-order chi connectivity index (χ0) is 14.5. The summed E-state index contributed by atoms with van der Waals surface area (Å²) in [6.45, 7) is 0.670. The van der Waals surface area contributed by atoms with Crippen LogP contribution in [0.1, 0.15) is 19.3 Å². The van der Waals surface area contributed by atoms with Gasteiger partial charge >= 0.3 is 0 Å². The number of carbonyl (C=O) groups excluding carboxylic acids is 1. The minimum absolute atomic E-state index is 0.144. The van der Waals surface area contributed by atoms with Gasteiger partial charge < -0.3 is 10.6 Å². The van der Waals surface area contributed by atoms with E-state index in [0.717, 1.165) is 18.5 Å². The zero-order valence-electron chi connectivity index (χ0n) is 12.0. The zero-order valence-corrected chi connectivity index (χ0v) is 12.0. The van der Waals surface area contributed by atoms with Crippen molar-refractivity contribution in [3.05, 3.63) is 54.6 Å². The Morgan fingerprint density at radius 1 is 0.952 bits per heavy atom. The third-order valence-corrected chi connectivity index (χ3v) is 3.62. The van der Waals surface area contributed by atoms with Gasteiger partial charge in [0.05, 0.1) is 0 Å². The lowest BCUT2D eigenvalue weighted by molar-refractivity contribution is -0.120. The fourth-order valence-electron chi connectivity index (χ4n) is 2.26. The van der Waals surface area contributed by atoms with E-state index in [9.17, 15) is 4.79 Å². The van der Waals surface area contributed by atoms with Crippen LogP contribution in [0.5, 0.6) is 0 Å². The molecule has 0 atom stereocenters. The third-order valence-electron chi connectivity index (χ3n) is 3.62. The summed E-state index contributed by atoms with van der Waals surface area (Å²) in [5.41, 5.74) is 3.47. The summed E-state index contributed by atoms with van der Waals surface area (Å²) in [5, 5.41) is 6.28. The predicted octanol–water partition coefficient (Wildman–Crippen LogP) is 3.43. The number of carbonyl (C=O) groups is 1. The highest BCUT2D eigenvalue weighted by molar-refractivity contribution is 5.77. The summed E-state index contributed by atoms with van der Waals surface area (Å²) in [4.78, 5) is 11.6. The van der Waals surface area contributed by atoms with E-state index in [0.29, 0.717) is 19.0 Å². The van der Waals surface area contributed by atoms with Crippen molar-refractivity contribution in [2.75, 3.05) is 11.9 Å². The molecule has 0 bridgehead atoms. The molecule has 0 radical (unpaired) electrons. The van der Waals surface area contributed by atoms with Gasteiger partial charge in [-0.3, -0.25) is 4.79 Å². The molecule has 3 heteroatoms. The Balaban J connectivity index is 1.49. The van der Waals surface area contributed by atoms with Gasteiger partial charge in [0.2, 0.25) is 5.91 Å². The van der Waals surface area contributed by atoms with Gasteiger partial charge in [-0.15, -0.1) is 0 Å². The van der Waals surface area contributed by atoms with Crippen molar-refractivity contribution >= 4 is 11.6 Å². The van der Waals surface area contributed by atoms with Gasteiger partial charge in [0.25, 0.3) is 0 Å². The highest BCUT2D eigenvalue weighted by Crippen LogP contribution is 2.21. The number of hydrogen-bond donors (Lipinski definition) is 2. The molecular formula is C18H20N2O. The Morgan fingerprint density at radius 3 is 2.29 bits per heavy atom. The molecule has 1 saturated carbocycles. The Bertz CT molecular complexity index is 588. The molecule has 0 aliphatic heterocycles. The van der Waals surface area contributed by atoms with Gasteiger partial charge in [-0.25, -0.2) is 0 Å². The van der Waals surface area contributed by atoms with Crippen molar-refractivity contribution in [1.29, 1.82) is 0 Å². The summed E-state index contributed by atoms with van der Waals surface area (Å²) in [5.74, 6) is 0.144. The number of nitrogens with one attached hydrogen (secondary N) is 2. The average molecular weight is 280 g/mol. The van der Waals surface area contributed by atoms with Crippen molar-refractivity contribution in [3.8, 4) is 11.1 Å². The lowest BCUT2D eigenvalue weighted by Gasteiger charge is -2.08. The number of benzene rings is 2. The van der Waals surface area contributed by atoms with Crippen LogP contribution >= 0.6 is 0 Å². The van der Waals surface area contributed by atoms with Gasteiger partial charge in [-0.05, 0) is 36.1 Å². The first-order valence-corrected chi connectivity index (χ1v) is 7.50. The topological polar surface area (TPSA) is 41.1 Å². The van der Waals surface area contributed by atoms with E-state index in [-0.39, 0.29) is 5.91 Å². The van der Waals surface area contributed by atoms with Crippen molar-refractivity contribution in [2.45, 2.75) is 25.3 Å². The second kappa shape index (κ2) is 6.44. The van der Waals surface area contributed by atoms with Gasteiger partial charge in [0.1, 0.15) is 0 Å². The highest BCUT2D eigenvalue weighted by Gasteiger charge is 2.22. The van der Waals surface area contributed by atoms with Crippen molar-refractivity contribution in [3.63, 3.8) is 0 Å². The first-order chi connectivity index (χ1) is 10.3. The fourth-order valence-corrected chi connectivity index (χ4v) is 2.26. The maximum absolute atomic E-state index is 11.6. The van der Waals surface area contributed by atoms with Crippen LogP contribution in [0.2, 0.25) is 0 Å². The van der Waals surface area contributed by atoms with E-state index in [2.05, 4.69) is 47.0 Å². The quantitative estimate of drug-likeness (QED) is 0.851. The molecule has 21 heavy (non-hydrogen) atoms. The molecule has 1 aliphatic carbocycles. The summed E-state index contributed by atoms with van der Waals surface area (Å²) in [6, 6.07) is 19.1. The van der Waals surface area contributed by atoms with Crippen LogP contribution in [0, 0.1) is 0 Å². The summed E-state index contributed by atoms with van der Waals surface area (Å²) >= 11 is 0. The fraction of sp³-hybridized carbons (Fsp3) is 0.278. The number of rotatable bonds is 6. The SMILES string of the molecule is O=C(CCNc1ccc(-c2ccccc2)cc1)NC1CC1. The molecule has 2 N–H and O–H groups in total. The molecule has 3 rings (SSSR count). The van der Waals surface area contributed by atoms with Gasteiger partial charge in [-0.2, -0.15) is 0 Å². The van der Waals surface area contributed by atoms with E-state index in [4.69, 9.17) is 0 Å². The molecule has 0 aromatic heterocycles. The smallest absolute Gasteiger partial charge is 0.221 e. The maximum atomic E-state index is 11.6. The second-order valence-electron chi connectivity index (χ2n) is 5.46. The number of anilines is 1. The first kappa shape index (κ1) is 13.7. The Kier molecular flexibility index (Phi) is 4.20. The minimum atomic E-state index is 0.144.